The summed E-state index contributed by atoms with van der Waals surface area (Å²) >= 11 is 5.89. The Bertz CT molecular complexity index is 444. The minimum atomic E-state index is -0.744. The monoisotopic (exact) mass is 243 g/mol. The lowest BCUT2D eigenvalue weighted by atomic mass is 9.95. The molecular weight excluding hydrogens is 230 g/mol. The SMILES string of the molecule is CC1(O)CCCN(c2nc[nH]c(=O)c2Cl)C1. The van der Waals surface area contributed by atoms with Crippen LogP contribution in [0, 0.1) is 0 Å². The lowest BCUT2D eigenvalue weighted by molar-refractivity contribution is 0.0447. The van der Waals surface area contributed by atoms with Crippen molar-refractivity contribution >= 4 is 17.4 Å². The summed E-state index contributed by atoms with van der Waals surface area (Å²) < 4.78 is 0. The number of β-amino-alcohol motifs (C(OH)–C–C–N with tert-alkyl or cyclic N) is 1. The zero-order chi connectivity index (χ0) is 11.8. The van der Waals surface area contributed by atoms with E-state index in [1.807, 2.05) is 4.90 Å². The van der Waals surface area contributed by atoms with Crippen LogP contribution in [-0.2, 0) is 0 Å². The Labute approximate surface area is 98.1 Å². The third-order valence-corrected chi connectivity index (χ3v) is 3.09. The Hall–Kier alpha value is -1.07. The molecule has 1 aliphatic rings. The van der Waals surface area contributed by atoms with Gasteiger partial charge in [-0.25, -0.2) is 4.98 Å². The van der Waals surface area contributed by atoms with Crippen LogP contribution in [0.3, 0.4) is 0 Å². The van der Waals surface area contributed by atoms with Crippen LogP contribution in [0.2, 0.25) is 5.02 Å². The molecule has 1 unspecified atom stereocenters. The fourth-order valence-electron chi connectivity index (χ4n) is 1.99. The Balaban J connectivity index is 2.31. The molecule has 1 aliphatic heterocycles. The number of aromatic amines is 1. The van der Waals surface area contributed by atoms with Crippen molar-refractivity contribution in [3.63, 3.8) is 0 Å². The number of nitrogens with zero attached hydrogens (tertiary/aromatic N) is 2. The number of aromatic nitrogens is 2. The maximum Gasteiger partial charge on any atom is 0.271 e. The smallest absolute Gasteiger partial charge is 0.271 e. The van der Waals surface area contributed by atoms with Crippen LogP contribution in [0.15, 0.2) is 11.1 Å². The molecular formula is C10H14ClN3O2. The van der Waals surface area contributed by atoms with E-state index in [0.29, 0.717) is 12.4 Å². The van der Waals surface area contributed by atoms with Crippen LogP contribution in [0.1, 0.15) is 19.8 Å². The zero-order valence-electron chi connectivity index (χ0n) is 9.03. The third-order valence-electron chi connectivity index (χ3n) is 2.75. The van der Waals surface area contributed by atoms with Crippen molar-refractivity contribution in [1.29, 1.82) is 0 Å². The highest BCUT2D eigenvalue weighted by Crippen LogP contribution is 2.26. The van der Waals surface area contributed by atoms with E-state index in [1.54, 1.807) is 6.92 Å². The lowest BCUT2D eigenvalue weighted by Crippen LogP contribution is -2.46. The first-order valence-corrected chi connectivity index (χ1v) is 5.58. The molecule has 6 heteroatoms. The van der Waals surface area contributed by atoms with Gasteiger partial charge in [-0.05, 0) is 19.8 Å². The van der Waals surface area contributed by atoms with E-state index in [4.69, 9.17) is 11.6 Å². The topological polar surface area (TPSA) is 69.2 Å². The summed E-state index contributed by atoms with van der Waals surface area (Å²) in [6, 6.07) is 0. The molecule has 1 aromatic heterocycles. The molecule has 0 radical (unpaired) electrons. The fraction of sp³-hybridized carbons (Fsp3) is 0.600. The number of anilines is 1. The van der Waals surface area contributed by atoms with Gasteiger partial charge in [0, 0.05) is 13.1 Å². The molecule has 0 bridgehead atoms. The summed E-state index contributed by atoms with van der Waals surface area (Å²) in [5.74, 6) is 0.449. The van der Waals surface area contributed by atoms with Crippen molar-refractivity contribution in [3.05, 3.63) is 21.7 Å². The standard InChI is InChI=1S/C10H14ClN3O2/c1-10(16)3-2-4-14(5-10)8-7(11)9(15)13-6-12-8/h6,16H,2-5H2,1H3,(H,12,13,15). The fourth-order valence-corrected chi connectivity index (χ4v) is 2.22. The van der Waals surface area contributed by atoms with Gasteiger partial charge in [0.2, 0.25) is 0 Å². The summed E-state index contributed by atoms with van der Waals surface area (Å²) in [6.45, 7) is 2.98. The number of piperidine rings is 1. The molecule has 0 saturated carbocycles. The third kappa shape index (κ3) is 2.20. The highest BCUT2D eigenvalue weighted by atomic mass is 35.5. The number of nitrogens with one attached hydrogen (secondary N) is 1. The number of rotatable bonds is 1. The van der Waals surface area contributed by atoms with Crippen molar-refractivity contribution in [3.8, 4) is 0 Å². The zero-order valence-corrected chi connectivity index (χ0v) is 9.79. The molecule has 0 amide bonds. The van der Waals surface area contributed by atoms with Crippen molar-refractivity contribution in [2.24, 2.45) is 0 Å². The van der Waals surface area contributed by atoms with Gasteiger partial charge in [0.1, 0.15) is 5.02 Å². The van der Waals surface area contributed by atoms with E-state index >= 15 is 0 Å². The maximum absolute atomic E-state index is 11.3. The molecule has 1 saturated heterocycles. The average molecular weight is 244 g/mol. The second kappa shape index (κ2) is 4.07. The first-order valence-electron chi connectivity index (χ1n) is 5.20. The molecule has 0 aromatic carbocycles. The predicted octanol–water partition coefficient (Wildman–Crippen LogP) is 0.774. The molecule has 2 N–H and O–H groups in total. The van der Waals surface area contributed by atoms with Gasteiger partial charge in [0.25, 0.3) is 5.56 Å². The van der Waals surface area contributed by atoms with E-state index < -0.39 is 5.60 Å². The average Bonchev–Trinajstić information content (AvgIpc) is 2.20. The van der Waals surface area contributed by atoms with Crippen LogP contribution in [0.4, 0.5) is 5.82 Å². The minimum absolute atomic E-state index is 0.0835. The highest BCUT2D eigenvalue weighted by Gasteiger charge is 2.30. The molecule has 88 valence electrons. The minimum Gasteiger partial charge on any atom is -0.388 e. The van der Waals surface area contributed by atoms with Crippen molar-refractivity contribution in [2.45, 2.75) is 25.4 Å². The van der Waals surface area contributed by atoms with Gasteiger partial charge in [-0.3, -0.25) is 4.79 Å². The van der Waals surface area contributed by atoms with Gasteiger partial charge in [-0.15, -0.1) is 0 Å². The Morgan fingerprint density at radius 3 is 3.12 bits per heavy atom. The molecule has 2 rings (SSSR count). The summed E-state index contributed by atoms with van der Waals surface area (Å²) in [5, 5.41) is 10.1. The highest BCUT2D eigenvalue weighted by molar-refractivity contribution is 6.32. The quantitative estimate of drug-likeness (QED) is 0.765. The van der Waals surface area contributed by atoms with E-state index in [1.165, 1.54) is 6.33 Å². The van der Waals surface area contributed by atoms with Crippen molar-refractivity contribution < 1.29 is 5.11 Å². The van der Waals surface area contributed by atoms with Crippen molar-refractivity contribution in [1.82, 2.24) is 9.97 Å². The second-order valence-corrected chi connectivity index (χ2v) is 4.77. The number of hydrogen-bond acceptors (Lipinski definition) is 4. The summed E-state index contributed by atoms with van der Waals surface area (Å²) in [7, 11) is 0. The molecule has 1 atom stereocenters. The summed E-state index contributed by atoms with van der Waals surface area (Å²) in [6.07, 6.45) is 2.94. The number of aliphatic hydroxyl groups is 1. The van der Waals surface area contributed by atoms with Crippen LogP contribution >= 0.6 is 11.6 Å². The van der Waals surface area contributed by atoms with Gasteiger partial charge in [0.15, 0.2) is 5.82 Å². The van der Waals surface area contributed by atoms with E-state index in [2.05, 4.69) is 9.97 Å². The number of H-pyrrole nitrogens is 1. The summed E-state index contributed by atoms with van der Waals surface area (Å²) in [5.41, 5.74) is -1.09. The first-order chi connectivity index (χ1) is 7.49. The van der Waals surface area contributed by atoms with Gasteiger partial charge in [-0.1, -0.05) is 11.6 Å². The number of hydrogen-bond donors (Lipinski definition) is 2. The molecule has 16 heavy (non-hydrogen) atoms. The Morgan fingerprint density at radius 2 is 2.44 bits per heavy atom. The largest absolute Gasteiger partial charge is 0.388 e. The second-order valence-electron chi connectivity index (χ2n) is 4.39. The van der Waals surface area contributed by atoms with Gasteiger partial charge in [-0.2, -0.15) is 0 Å². The van der Waals surface area contributed by atoms with E-state index in [0.717, 1.165) is 19.4 Å². The van der Waals surface area contributed by atoms with Gasteiger partial charge >= 0.3 is 0 Å². The Kier molecular flexibility index (Phi) is 2.90. The van der Waals surface area contributed by atoms with Crippen LogP contribution in [-0.4, -0.2) is 33.8 Å². The summed E-state index contributed by atoms with van der Waals surface area (Å²) in [4.78, 5) is 19.6. The number of halogens is 1. The maximum atomic E-state index is 11.3. The first kappa shape index (κ1) is 11.4. The molecule has 0 spiro atoms. The van der Waals surface area contributed by atoms with Gasteiger partial charge in [0.05, 0.1) is 11.9 Å². The molecule has 0 aliphatic carbocycles. The van der Waals surface area contributed by atoms with Crippen LogP contribution in [0.25, 0.3) is 0 Å². The lowest BCUT2D eigenvalue weighted by Gasteiger charge is -2.37. The van der Waals surface area contributed by atoms with Crippen LogP contribution in [0.5, 0.6) is 0 Å². The normalized spacial score (nSPS) is 25.8. The molecule has 5 nitrogen and oxygen atoms in total. The predicted molar refractivity (Wildman–Crippen MR) is 61.9 cm³/mol. The van der Waals surface area contributed by atoms with Crippen LogP contribution < -0.4 is 10.5 Å². The Morgan fingerprint density at radius 1 is 1.69 bits per heavy atom. The van der Waals surface area contributed by atoms with E-state index in [9.17, 15) is 9.90 Å². The van der Waals surface area contributed by atoms with Gasteiger partial charge < -0.3 is 15.0 Å². The molecule has 1 fully saturated rings. The van der Waals surface area contributed by atoms with E-state index in [-0.39, 0.29) is 10.6 Å². The molecule has 2 heterocycles. The molecule has 1 aromatic rings. The van der Waals surface area contributed by atoms with Crippen molar-refractivity contribution in [2.75, 3.05) is 18.0 Å².